The Labute approximate surface area is 232 Å². The first-order chi connectivity index (χ1) is 22.4. The van der Waals surface area contributed by atoms with Gasteiger partial charge in [0.05, 0.1) is 33.5 Å². The molecule has 2 aliphatic rings. The van der Waals surface area contributed by atoms with Gasteiger partial charge >= 0.3 is 0 Å². The summed E-state index contributed by atoms with van der Waals surface area (Å²) in [6, 6.07) is -0.905. The molecule has 3 aromatic rings. The van der Waals surface area contributed by atoms with Crippen LogP contribution < -0.4 is 5.32 Å². The van der Waals surface area contributed by atoms with Gasteiger partial charge in [-0.25, -0.2) is 19.0 Å². The van der Waals surface area contributed by atoms with Crippen LogP contribution in [0.3, 0.4) is 0 Å². The minimum Gasteiger partial charge on any atom is -0.394 e. The third-order valence-corrected chi connectivity index (χ3v) is 6.01. The maximum Gasteiger partial charge on any atom is 0.191 e. The molecule has 2 saturated carbocycles. The van der Waals surface area contributed by atoms with Crippen molar-refractivity contribution in [1.29, 1.82) is 0 Å². The van der Waals surface area contributed by atoms with E-state index in [1.807, 2.05) is 0 Å². The molecule has 0 spiro atoms. The number of thioether (sulfide) groups is 1. The van der Waals surface area contributed by atoms with Crippen LogP contribution in [0.1, 0.15) is 68.3 Å². The Morgan fingerprint density at radius 3 is 2.92 bits per heavy atom. The van der Waals surface area contributed by atoms with Gasteiger partial charge < -0.3 is 25.4 Å². The quantitative estimate of drug-likeness (QED) is 0.227. The minimum atomic E-state index is -4.13. The molecule has 194 valence electrons. The fourth-order valence-corrected chi connectivity index (χ4v) is 3.96. The molecule has 1 aromatic carbocycles. The maximum atomic E-state index is 14.4. The Morgan fingerprint density at radius 2 is 2.17 bits per heavy atom. The summed E-state index contributed by atoms with van der Waals surface area (Å²) in [6.45, 7) is -2.41. The van der Waals surface area contributed by atoms with Gasteiger partial charge in [0.1, 0.15) is 18.0 Å². The van der Waals surface area contributed by atoms with Gasteiger partial charge in [-0.05, 0) is 36.9 Å². The summed E-state index contributed by atoms with van der Waals surface area (Å²) in [6.07, 6.45) is -20.7. The first-order valence-electron chi connectivity index (χ1n) is 17.6. The van der Waals surface area contributed by atoms with Gasteiger partial charge in [-0.3, -0.25) is 0 Å². The van der Waals surface area contributed by atoms with Gasteiger partial charge in [-0.1, -0.05) is 36.0 Å². The van der Waals surface area contributed by atoms with Crippen LogP contribution in [-0.2, 0) is 4.74 Å². The third-order valence-electron chi connectivity index (χ3n) is 5.34. The first-order valence-corrected chi connectivity index (χ1v) is 11.4. The van der Waals surface area contributed by atoms with Crippen molar-refractivity contribution in [1.82, 2.24) is 25.0 Å². The molecule has 4 N–H and O–H groups in total. The molecule has 2 aromatic heterocycles. The highest BCUT2D eigenvalue weighted by atomic mass is 32.2. The highest BCUT2D eigenvalue weighted by molar-refractivity contribution is 7.99. The third kappa shape index (κ3) is 4.92. The molecule has 2 fully saturated rings. The summed E-state index contributed by atoms with van der Waals surface area (Å²) in [7, 11) is 0. The molecule has 2 heterocycles. The number of ether oxygens (including phenoxy) is 1. The zero-order valence-corrected chi connectivity index (χ0v) is 19.7. The summed E-state index contributed by atoms with van der Waals surface area (Å²) >= 11 is 0.0957. The van der Waals surface area contributed by atoms with Gasteiger partial charge in [0, 0.05) is 35.0 Å². The molecule has 10 nitrogen and oxygen atoms in total. The largest absolute Gasteiger partial charge is 0.394 e. The number of aliphatic hydroxyl groups is 3. The van der Waals surface area contributed by atoms with E-state index in [9.17, 15) is 19.7 Å². The van der Waals surface area contributed by atoms with Crippen LogP contribution in [0.4, 0.5) is 10.2 Å². The molecule has 6 atom stereocenters. The number of anilines is 1. The van der Waals surface area contributed by atoms with Crippen molar-refractivity contribution in [2.45, 2.75) is 74.3 Å². The smallest absolute Gasteiger partial charge is 0.191 e. The summed E-state index contributed by atoms with van der Waals surface area (Å²) in [4.78, 5) is 8.18. The Balaban J connectivity index is 1.70. The second-order valence-electron chi connectivity index (χ2n) is 7.70. The molecule has 0 radical (unpaired) electrons. The fourth-order valence-electron chi connectivity index (χ4n) is 3.50. The average Bonchev–Trinajstić information content (AvgIpc) is 3.24. The lowest BCUT2D eigenvalue weighted by molar-refractivity contribution is -0.0629. The van der Waals surface area contributed by atoms with Gasteiger partial charge in [-0.2, -0.15) is 0 Å². The molecule has 0 aliphatic heterocycles. The number of fused-ring (bicyclic) bond motifs is 1. The fraction of sp³-hybridized carbons (Fsp3) is 0.583. The van der Waals surface area contributed by atoms with E-state index in [0.717, 1.165) is 13.0 Å². The van der Waals surface area contributed by atoms with Gasteiger partial charge in [0.25, 0.3) is 0 Å². The Hall–Kier alpha value is -2.38. The van der Waals surface area contributed by atoms with Crippen molar-refractivity contribution in [3.63, 3.8) is 0 Å². The number of aromatic nitrogens is 5. The van der Waals surface area contributed by atoms with E-state index >= 15 is 0 Å². The lowest BCUT2D eigenvalue weighted by Crippen LogP contribution is -2.33. The maximum absolute atomic E-state index is 14.4. The molecular formula is C24H31FN6O4S. The summed E-state index contributed by atoms with van der Waals surface area (Å²) in [5.41, 5.74) is -3.54. The van der Waals surface area contributed by atoms with Crippen molar-refractivity contribution in [2.75, 3.05) is 24.2 Å². The van der Waals surface area contributed by atoms with Crippen LogP contribution in [0.25, 0.3) is 11.2 Å². The van der Waals surface area contributed by atoms with E-state index in [1.165, 1.54) is 19.1 Å². The van der Waals surface area contributed by atoms with Crippen LogP contribution in [0.15, 0.2) is 23.4 Å². The van der Waals surface area contributed by atoms with Crippen LogP contribution >= 0.6 is 11.8 Å². The van der Waals surface area contributed by atoms with Crippen molar-refractivity contribution in [2.24, 2.45) is 0 Å². The van der Waals surface area contributed by atoms with Crippen molar-refractivity contribution in [3.05, 3.63) is 35.1 Å². The second kappa shape index (κ2) is 10.5. The molecule has 0 amide bonds. The molecule has 36 heavy (non-hydrogen) atoms. The number of rotatable bonds is 10. The number of aryl methyl sites for hydroxylation is 1. The second-order valence-corrected chi connectivity index (χ2v) is 8.48. The monoisotopic (exact) mass is 532 g/mol. The normalized spacial score (nSPS) is 45.5. The number of nitrogens with one attached hydrogen (secondary N) is 1. The van der Waals surface area contributed by atoms with Crippen molar-refractivity contribution in [3.8, 4) is 0 Å². The molecule has 0 saturated heterocycles. The highest BCUT2D eigenvalue weighted by Gasteiger charge is 2.45. The number of benzene rings is 1. The first kappa shape index (κ1) is 13.4. The highest BCUT2D eigenvalue weighted by Crippen LogP contribution is 2.44. The van der Waals surface area contributed by atoms with Gasteiger partial charge in [0.15, 0.2) is 22.1 Å². The molecule has 0 unspecified atom stereocenters. The minimum absolute atomic E-state index is 0.0868. The molecule has 0 bridgehead atoms. The van der Waals surface area contributed by atoms with Crippen LogP contribution in [-0.4, -0.2) is 83.4 Å². The van der Waals surface area contributed by atoms with E-state index < -0.39 is 102 Å². The van der Waals surface area contributed by atoms with Crippen LogP contribution in [0.2, 0.25) is 0 Å². The van der Waals surface area contributed by atoms with Crippen molar-refractivity contribution < 1.29 is 43.6 Å². The lowest BCUT2D eigenvalue weighted by atomic mass is 10.1. The average molecular weight is 533 g/mol. The molecule has 5 rings (SSSR count). The zero-order valence-electron chi connectivity index (χ0n) is 32.9. The van der Waals surface area contributed by atoms with Gasteiger partial charge in [-0.15, -0.1) is 5.10 Å². The SMILES string of the molecule is [2H]C([2H])(O)CO[C@@]1([2H])C([2H])([2H])[C@@]([2H])(n2nnc3c(N[C@H]4[C@H](c5ccc(C)c(F)c5)C4([2H])[2H])nc(SC([2H])([2H])C([2H])([2H])C)nc32)[C@]([2H])(O)[C@]1([2H])O. The standard InChI is InChI=1S/C24H31FN6O4S/c1-3-8-36-24-27-22(26-16-10-14(16)13-5-4-12(2)15(25)9-13)19-23(28-24)31(30-29-19)17-11-18(35-7-6-32)21(34)20(17)33/h4-5,9,14,16-18,20-21,32-34H,3,6-8,10-11H2,1-2H3,(H,26,27,28)/t14-,16+,17+,18-,20-,21+/m0/s1/i3D2,6D2,8D2,10D2,11D2,17D,18D,20D,21D. The molecule has 12 heteroatoms. The van der Waals surface area contributed by atoms with Crippen molar-refractivity contribution >= 4 is 28.7 Å². The summed E-state index contributed by atoms with van der Waals surface area (Å²) in [5, 5.41) is 41.2. The number of halogens is 1. The van der Waals surface area contributed by atoms with Crippen LogP contribution in [0.5, 0.6) is 0 Å². The van der Waals surface area contributed by atoms with Gasteiger partial charge in [0.2, 0.25) is 0 Å². The van der Waals surface area contributed by atoms with E-state index in [1.54, 1.807) is 0 Å². The number of hydrogen-bond acceptors (Lipinski definition) is 10. The number of hydrogen-bond donors (Lipinski definition) is 4. The van der Waals surface area contributed by atoms with Crippen LogP contribution in [0, 0.1) is 12.7 Å². The van der Waals surface area contributed by atoms with E-state index in [0.29, 0.717) is 5.56 Å². The molecule has 2 aliphatic carbocycles. The lowest BCUT2D eigenvalue weighted by Gasteiger charge is -2.17. The summed E-state index contributed by atoms with van der Waals surface area (Å²) in [5.74, 6) is -2.03. The summed E-state index contributed by atoms with van der Waals surface area (Å²) < 4.78 is 135. The van der Waals surface area contributed by atoms with E-state index in [4.69, 9.17) is 23.9 Å². The van der Waals surface area contributed by atoms with E-state index in [2.05, 4.69) is 25.6 Å². The Bertz CT molecular complexity index is 1840. The predicted octanol–water partition coefficient (Wildman–Crippen LogP) is 2.18. The Morgan fingerprint density at radius 1 is 1.33 bits per heavy atom. The number of nitrogens with zero attached hydrogens (tertiary/aromatic N) is 5. The molecular weight excluding hydrogens is 487 g/mol. The Kier molecular flexibility index (Phi) is 3.93. The topological polar surface area (TPSA) is 138 Å². The zero-order chi connectivity index (χ0) is 38.1. The van der Waals surface area contributed by atoms with E-state index in [-0.39, 0.29) is 22.0 Å². The predicted molar refractivity (Wildman–Crippen MR) is 133 cm³/mol.